The van der Waals surface area contributed by atoms with Crippen molar-refractivity contribution in [3.8, 4) is 5.75 Å². The monoisotopic (exact) mass is 330 g/mol. The molecule has 23 heavy (non-hydrogen) atoms. The molecule has 2 aliphatic rings. The molecule has 0 radical (unpaired) electrons. The average Bonchev–Trinajstić information content (AvgIpc) is 2.94. The first kappa shape index (κ1) is 15.9. The number of benzene rings is 1. The summed E-state index contributed by atoms with van der Waals surface area (Å²) in [5, 5.41) is 10.8. The van der Waals surface area contributed by atoms with E-state index >= 15 is 0 Å². The number of alkyl halides is 2. The summed E-state index contributed by atoms with van der Waals surface area (Å²) in [4.78, 5) is 12.0. The van der Waals surface area contributed by atoms with Crippen molar-refractivity contribution in [2.45, 2.75) is 18.6 Å². The minimum absolute atomic E-state index is 0.204. The second kappa shape index (κ2) is 6.25. The van der Waals surface area contributed by atoms with Gasteiger partial charge in [0.15, 0.2) is 5.75 Å². The summed E-state index contributed by atoms with van der Waals surface area (Å²) in [5.74, 6) is -0.204. The van der Waals surface area contributed by atoms with E-state index in [-0.39, 0.29) is 11.4 Å². The number of anilines is 1. The Labute approximate surface area is 130 Å². The van der Waals surface area contributed by atoms with Gasteiger partial charge in [-0.3, -0.25) is 10.1 Å². The van der Waals surface area contributed by atoms with Crippen LogP contribution in [0.2, 0.25) is 0 Å². The van der Waals surface area contributed by atoms with Gasteiger partial charge in [-0.05, 0) is 6.07 Å². The third kappa shape index (κ3) is 3.35. The lowest BCUT2D eigenvalue weighted by Crippen LogP contribution is -2.52. The minimum Gasteiger partial charge on any atom is -0.432 e. The van der Waals surface area contributed by atoms with Crippen molar-refractivity contribution in [2.75, 3.05) is 37.8 Å². The van der Waals surface area contributed by atoms with E-state index in [1.807, 2.05) is 4.90 Å². The van der Waals surface area contributed by atoms with Crippen LogP contribution in [-0.2, 0) is 9.47 Å². The topological polar surface area (TPSA) is 74.1 Å². The van der Waals surface area contributed by atoms with Crippen LogP contribution in [-0.4, -0.2) is 50.0 Å². The first-order valence-electron chi connectivity index (χ1n) is 7.19. The van der Waals surface area contributed by atoms with Crippen LogP contribution in [0.15, 0.2) is 18.2 Å². The zero-order valence-corrected chi connectivity index (χ0v) is 12.2. The summed E-state index contributed by atoms with van der Waals surface area (Å²) < 4.78 is 40.9. The summed E-state index contributed by atoms with van der Waals surface area (Å²) in [6.07, 6.45) is 0.724. The number of nitro groups is 1. The van der Waals surface area contributed by atoms with Gasteiger partial charge < -0.3 is 19.1 Å². The molecule has 1 aromatic rings. The maximum absolute atomic E-state index is 12.6. The number of halogens is 2. The molecule has 0 bridgehead atoms. The van der Waals surface area contributed by atoms with E-state index < -0.39 is 17.1 Å². The number of nitrogens with zero attached hydrogens (tertiary/aromatic N) is 2. The fourth-order valence-electron chi connectivity index (χ4n) is 2.95. The van der Waals surface area contributed by atoms with Crippen molar-refractivity contribution in [2.24, 2.45) is 0 Å². The Hall–Kier alpha value is -2.00. The number of nitro benzene ring substituents is 1. The van der Waals surface area contributed by atoms with Gasteiger partial charge in [0.05, 0.1) is 29.9 Å². The van der Waals surface area contributed by atoms with Crippen molar-refractivity contribution in [3.05, 3.63) is 28.3 Å². The summed E-state index contributed by atoms with van der Waals surface area (Å²) >= 11 is 0. The highest BCUT2D eigenvalue weighted by atomic mass is 19.3. The molecule has 2 heterocycles. The predicted molar refractivity (Wildman–Crippen MR) is 76.1 cm³/mol. The molecule has 0 amide bonds. The summed E-state index contributed by atoms with van der Waals surface area (Å²) in [5.41, 5.74) is -0.357. The molecular formula is C14H16F2N2O5. The Balaban J connectivity index is 1.89. The number of morpholine rings is 1. The van der Waals surface area contributed by atoms with E-state index in [9.17, 15) is 18.9 Å². The van der Waals surface area contributed by atoms with Crippen LogP contribution >= 0.6 is 0 Å². The fourth-order valence-corrected chi connectivity index (χ4v) is 2.95. The van der Waals surface area contributed by atoms with E-state index in [1.165, 1.54) is 12.1 Å². The number of hydrogen-bond donors (Lipinski definition) is 0. The molecule has 2 aliphatic heterocycles. The van der Waals surface area contributed by atoms with Crippen molar-refractivity contribution in [1.29, 1.82) is 0 Å². The molecule has 2 saturated heterocycles. The van der Waals surface area contributed by atoms with Gasteiger partial charge in [0.25, 0.3) is 5.69 Å². The predicted octanol–water partition coefficient (Wildman–Crippen LogP) is 2.19. The lowest BCUT2D eigenvalue weighted by molar-refractivity contribution is -0.385. The van der Waals surface area contributed by atoms with Gasteiger partial charge in [-0.25, -0.2) is 0 Å². The molecule has 0 saturated carbocycles. The fraction of sp³-hybridized carbons (Fsp3) is 0.571. The molecule has 2 fully saturated rings. The summed E-state index contributed by atoms with van der Waals surface area (Å²) in [6, 6.07) is 3.74. The molecule has 0 aromatic heterocycles. The Kier molecular flexibility index (Phi) is 4.31. The average molecular weight is 330 g/mol. The molecule has 1 aromatic carbocycles. The van der Waals surface area contributed by atoms with Crippen LogP contribution in [0.25, 0.3) is 0 Å². The van der Waals surface area contributed by atoms with Gasteiger partial charge in [0, 0.05) is 32.2 Å². The highest BCUT2D eigenvalue weighted by Gasteiger charge is 2.41. The van der Waals surface area contributed by atoms with Crippen LogP contribution in [0.4, 0.5) is 20.2 Å². The number of ether oxygens (including phenoxy) is 3. The maximum Gasteiger partial charge on any atom is 0.387 e. The second-order valence-corrected chi connectivity index (χ2v) is 5.54. The van der Waals surface area contributed by atoms with Gasteiger partial charge in [0.1, 0.15) is 5.60 Å². The first-order chi connectivity index (χ1) is 11.0. The zero-order chi connectivity index (χ0) is 16.4. The third-order valence-electron chi connectivity index (χ3n) is 4.03. The highest BCUT2D eigenvalue weighted by Crippen LogP contribution is 2.37. The number of rotatable bonds is 4. The van der Waals surface area contributed by atoms with E-state index in [2.05, 4.69) is 4.74 Å². The molecule has 0 aliphatic carbocycles. The molecule has 1 unspecified atom stereocenters. The summed E-state index contributed by atoms with van der Waals surface area (Å²) in [6.45, 7) is -0.644. The van der Waals surface area contributed by atoms with Crippen LogP contribution < -0.4 is 9.64 Å². The van der Waals surface area contributed by atoms with Crippen LogP contribution in [0.5, 0.6) is 5.75 Å². The molecule has 126 valence electrons. The lowest BCUT2D eigenvalue weighted by Gasteiger charge is -2.41. The molecule has 9 heteroatoms. The van der Waals surface area contributed by atoms with E-state index in [0.29, 0.717) is 38.6 Å². The van der Waals surface area contributed by atoms with Crippen molar-refractivity contribution < 1.29 is 27.9 Å². The zero-order valence-electron chi connectivity index (χ0n) is 12.2. The highest BCUT2D eigenvalue weighted by molar-refractivity contribution is 5.63. The Bertz CT molecular complexity index is 593. The van der Waals surface area contributed by atoms with Crippen molar-refractivity contribution >= 4 is 11.4 Å². The third-order valence-corrected chi connectivity index (χ3v) is 4.03. The molecule has 0 N–H and O–H groups in total. The van der Waals surface area contributed by atoms with Crippen molar-refractivity contribution in [3.63, 3.8) is 0 Å². The van der Waals surface area contributed by atoms with E-state index in [0.717, 1.165) is 12.5 Å². The Morgan fingerprint density at radius 3 is 2.87 bits per heavy atom. The van der Waals surface area contributed by atoms with Gasteiger partial charge in [-0.15, -0.1) is 0 Å². The molecule has 1 spiro atoms. The molecule has 3 rings (SSSR count). The van der Waals surface area contributed by atoms with Crippen molar-refractivity contribution in [1.82, 2.24) is 0 Å². The quantitative estimate of drug-likeness (QED) is 0.622. The van der Waals surface area contributed by atoms with Crippen LogP contribution in [0, 0.1) is 10.1 Å². The lowest BCUT2D eigenvalue weighted by atomic mass is 10.00. The number of hydrogen-bond acceptors (Lipinski definition) is 6. The Morgan fingerprint density at radius 2 is 2.22 bits per heavy atom. The molecule has 1 atom stereocenters. The van der Waals surface area contributed by atoms with Crippen LogP contribution in [0.3, 0.4) is 0 Å². The van der Waals surface area contributed by atoms with Gasteiger partial charge in [-0.1, -0.05) is 0 Å². The van der Waals surface area contributed by atoms with Gasteiger partial charge >= 0.3 is 6.61 Å². The number of non-ortho nitro benzene ring substituents is 1. The largest absolute Gasteiger partial charge is 0.432 e. The van der Waals surface area contributed by atoms with E-state index in [4.69, 9.17) is 9.47 Å². The minimum atomic E-state index is -3.06. The summed E-state index contributed by atoms with van der Waals surface area (Å²) in [7, 11) is 0. The molecular weight excluding hydrogens is 314 g/mol. The SMILES string of the molecule is O=[N+]([O-])c1ccc(N2CCOC3(CCOC3)C2)c(OC(F)F)c1. The normalized spacial score (nSPS) is 24.4. The van der Waals surface area contributed by atoms with Crippen LogP contribution in [0.1, 0.15) is 6.42 Å². The standard InChI is InChI=1S/C14H16F2N2O5/c15-13(16)23-12-7-10(18(19)20)1-2-11(12)17-4-6-22-14(8-17)3-5-21-9-14/h1-2,7,13H,3-6,8-9H2. The molecule has 7 nitrogen and oxygen atoms in total. The second-order valence-electron chi connectivity index (χ2n) is 5.54. The smallest absolute Gasteiger partial charge is 0.387 e. The van der Waals surface area contributed by atoms with E-state index in [1.54, 1.807) is 0 Å². The van der Waals surface area contributed by atoms with Gasteiger partial charge in [0.2, 0.25) is 0 Å². The van der Waals surface area contributed by atoms with Gasteiger partial charge in [-0.2, -0.15) is 8.78 Å². The first-order valence-corrected chi connectivity index (χ1v) is 7.19. The Morgan fingerprint density at radius 1 is 1.39 bits per heavy atom. The maximum atomic E-state index is 12.6.